The highest BCUT2D eigenvalue weighted by Gasteiger charge is 2.70. The molecular weight excluding hydrogens is 1600 g/mol. The normalized spacial score (nSPS) is 37.2. The van der Waals surface area contributed by atoms with Crippen LogP contribution in [0.1, 0.15) is 419 Å². The van der Waals surface area contributed by atoms with Gasteiger partial charge in [0.05, 0.1) is 66.7 Å². The SMILES string of the molecule is C.C.C.C.C.C.C.C.C.C.CCC(C)(C)C(=O)OC12CC3(C)CC(CC(C)(C3)C1)OC2=O.CCC(C)(C)C(=O)OC12CC3CC(C(=O)O)(CC(C1)C(=O)O3)C2.CCC(C)(C)C(=O)OC12CC3CC(C(=O)OC(C)(C)C)(CC(C1)C(=O)O3)C2.CCC(C)(C)C(=O)OC12CC3CC(C)(C1)CC(C)(C2)C(=O)O3.CCC(C)(C)C(=O)OC12CC3CC(O)(CC(C1)C(=O)O3)C2. The minimum atomic E-state index is -1.07. The van der Waals surface area contributed by atoms with Gasteiger partial charge in [-0.2, -0.15) is 0 Å². The first kappa shape index (κ1) is 117. The van der Waals surface area contributed by atoms with Gasteiger partial charge in [0.1, 0.15) is 58.5 Å². The van der Waals surface area contributed by atoms with Crippen molar-refractivity contribution < 1.29 is 120 Å². The van der Waals surface area contributed by atoms with Gasteiger partial charge in [-0.25, -0.2) is 4.79 Å². The zero-order valence-corrected chi connectivity index (χ0v) is 73.1. The van der Waals surface area contributed by atoms with E-state index in [-0.39, 0.29) is 193 Å². The monoisotopic (exact) mass is 1780 g/mol. The predicted molar refractivity (Wildman–Crippen MR) is 483 cm³/mol. The van der Waals surface area contributed by atoms with Crippen molar-refractivity contribution in [1.29, 1.82) is 0 Å². The zero-order chi connectivity index (χ0) is 85.5. The van der Waals surface area contributed by atoms with E-state index in [1.54, 1.807) is 0 Å². The van der Waals surface area contributed by atoms with E-state index in [0.717, 1.165) is 44.9 Å². The molecule has 2 N–H and O–H groups in total. The predicted octanol–water partition coefficient (Wildman–Crippen LogP) is 21.4. The third-order valence-corrected chi connectivity index (χ3v) is 29.9. The molecule has 125 heavy (non-hydrogen) atoms. The Morgan fingerprint density at radius 2 is 0.632 bits per heavy atom. The van der Waals surface area contributed by atoms with E-state index >= 15 is 0 Å². The third kappa shape index (κ3) is 23.5. The van der Waals surface area contributed by atoms with Crippen LogP contribution in [-0.4, -0.2) is 152 Å². The van der Waals surface area contributed by atoms with E-state index in [2.05, 4.69) is 20.8 Å². The van der Waals surface area contributed by atoms with Gasteiger partial charge in [-0.1, -0.05) is 130 Å². The first-order valence-electron chi connectivity index (χ1n) is 43.0. The van der Waals surface area contributed by atoms with Gasteiger partial charge < -0.3 is 62.3 Å². The van der Waals surface area contributed by atoms with E-state index in [1.807, 2.05) is 132 Å². The van der Waals surface area contributed by atoms with Gasteiger partial charge in [0.25, 0.3) is 0 Å². The van der Waals surface area contributed by atoms with Gasteiger partial charge in [0, 0.05) is 103 Å². The lowest BCUT2D eigenvalue weighted by Gasteiger charge is -2.54. The molecule has 10 aliphatic carbocycles. The van der Waals surface area contributed by atoms with E-state index in [1.165, 1.54) is 0 Å². The van der Waals surface area contributed by atoms with Gasteiger partial charge in [0.15, 0.2) is 0 Å². The van der Waals surface area contributed by atoms with Crippen molar-refractivity contribution >= 4 is 71.6 Å². The van der Waals surface area contributed by atoms with Crippen molar-refractivity contribution in [3.05, 3.63) is 0 Å². The Bertz CT molecular complexity index is 3880. The lowest BCUT2D eigenvalue weighted by molar-refractivity contribution is -0.205. The number of aliphatic carboxylic acids is 1. The number of hydrogen-bond donors (Lipinski definition) is 2. The number of aliphatic hydroxyl groups is 1. The second-order valence-corrected chi connectivity index (χ2v) is 44.6. The summed E-state index contributed by atoms with van der Waals surface area (Å²) in [5.74, 6) is -5.06. The van der Waals surface area contributed by atoms with Crippen molar-refractivity contribution in [1.82, 2.24) is 0 Å². The molecule has 0 amide bonds. The third-order valence-electron chi connectivity index (χ3n) is 29.9. The molecule has 18 unspecified atom stereocenters. The van der Waals surface area contributed by atoms with E-state index < -0.39 is 113 Å². The molecule has 20 fully saturated rings. The summed E-state index contributed by atoms with van der Waals surface area (Å²) in [6, 6.07) is 0. The molecular formula is C100H176O25. The number of fused-ring (bicyclic) bond motifs is 5. The Morgan fingerprint density at radius 3 is 1.02 bits per heavy atom. The molecule has 10 saturated heterocycles. The quantitative estimate of drug-likeness (QED) is 0.101. The number of carboxylic acid groups (broad SMARTS) is 1. The molecule has 10 saturated carbocycles. The lowest BCUT2D eigenvalue weighted by atomic mass is 9.52. The van der Waals surface area contributed by atoms with Crippen LogP contribution in [-0.2, 0) is 110 Å². The van der Waals surface area contributed by atoms with Crippen LogP contribution in [0.2, 0.25) is 0 Å². The average Bonchev–Trinajstić information content (AvgIpc) is 1.68. The number of rotatable bonds is 17. The maximum absolute atomic E-state index is 13.1. The van der Waals surface area contributed by atoms with Crippen molar-refractivity contribution in [2.75, 3.05) is 0 Å². The molecule has 0 aromatic rings. The lowest BCUT2D eigenvalue weighted by Crippen LogP contribution is -2.57. The van der Waals surface area contributed by atoms with E-state index in [4.69, 9.17) is 52.1 Å². The van der Waals surface area contributed by atoms with Crippen LogP contribution in [0.4, 0.5) is 0 Å². The minimum absolute atomic E-state index is 0. The summed E-state index contributed by atoms with van der Waals surface area (Å²) in [5.41, 5.74) is -10.7. The van der Waals surface area contributed by atoms with Gasteiger partial charge in [-0.15, -0.1) is 0 Å². The summed E-state index contributed by atoms with van der Waals surface area (Å²) in [4.78, 5) is 150. The largest absolute Gasteiger partial charge is 0.481 e. The minimum Gasteiger partial charge on any atom is -0.481 e. The summed E-state index contributed by atoms with van der Waals surface area (Å²) >= 11 is 0. The Hall–Kier alpha value is -6.40. The molecule has 20 aliphatic rings. The Labute approximate surface area is 754 Å². The van der Waals surface area contributed by atoms with Gasteiger partial charge in [-0.05, 0) is 203 Å². The summed E-state index contributed by atoms with van der Waals surface area (Å²) in [7, 11) is 0. The van der Waals surface area contributed by atoms with Crippen LogP contribution >= 0.6 is 0 Å². The molecule has 10 heterocycles. The van der Waals surface area contributed by atoms with Crippen molar-refractivity contribution in [2.24, 2.45) is 77.3 Å². The second kappa shape index (κ2) is 39.0. The number of carboxylic acids is 1. The first-order valence-corrected chi connectivity index (χ1v) is 43.0. The highest BCUT2D eigenvalue weighted by atomic mass is 16.6. The van der Waals surface area contributed by atoms with Crippen molar-refractivity contribution in [3.8, 4) is 0 Å². The molecule has 0 spiro atoms. The molecule has 10 aliphatic heterocycles. The number of carbonyl (C=O) groups is 12. The average molecular weight is 1780 g/mol. The Kier molecular flexibility index (Phi) is 36.3. The van der Waals surface area contributed by atoms with Crippen LogP contribution in [0.5, 0.6) is 0 Å². The molecule has 0 aromatic heterocycles. The highest BCUT2D eigenvalue weighted by Crippen LogP contribution is 2.66. The fraction of sp³-hybridized carbons (Fsp3) is 0.880. The maximum Gasteiger partial charge on any atom is 0.350 e. The Balaban J connectivity index is 0.000000768. The number of ether oxygens (including phenoxy) is 11. The number of esters is 11. The summed E-state index contributed by atoms with van der Waals surface area (Å²) in [6.07, 6.45) is 16.2. The van der Waals surface area contributed by atoms with Crippen LogP contribution in [0, 0.1) is 77.3 Å². The van der Waals surface area contributed by atoms with E-state index in [0.29, 0.717) is 135 Å². The molecule has 20 bridgehead atoms. The Morgan fingerprint density at radius 1 is 0.328 bits per heavy atom. The molecule has 726 valence electrons. The zero-order valence-electron chi connectivity index (χ0n) is 73.1. The van der Waals surface area contributed by atoms with E-state index in [9.17, 15) is 67.7 Å². The van der Waals surface area contributed by atoms with Gasteiger partial charge in [-0.3, -0.25) is 52.7 Å². The number of hydrogen-bond acceptors (Lipinski definition) is 24. The second-order valence-electron chi connectivity index (χ2n) is 44.6. The maximum atomic E-state index is 13.1. The molecule has 20 rings (SSSR count). The van der Waals surface area contributed by atoms with Crippen molar-refractivity contribution in [3.63, 3.8) is 0 Å². The van der Waals surface area contributed by atoms with Crippen LogP contribution in [0.15, 0.2) is 0 Å². The molecule has 0 radical (unpaired) electrons. The summed E-state index contributed by atoms with van der Waals surface area (Å²) in [6.45, 7) is 42.6. The van der Waals surface area contributed by atoms with Gasteiger partial charge >= 0.3 is 71.6 Å². The standard InChI is InChI=1S/C21H32O6.2C18H28O4.C17H24O6.C16H24O5.10CH4/c1-7-19(5,6)16(23)27-21-9-13-8-20(12-21,17(24)26-18(2,3)4)10-14(11-21)25-15(13)22;1-6-15(2,3)13(19)22-18-8-12-7-16(4,10-18)9-17(5,11-18)14(20)21-12;1-6-15(2,3)13(19)22-18-10-16(4)7-12(21-14(18)20)8-17(5,9-16)11-18;1-4-15(2,3)14(21)23-17-6-10-5-16(9-17,13(19)20)7-11(8-17)22-12(10)18;1-4-14(2,3)13(18)21-16-6-10-5-15(19,9-16)7-11(8-16)20-12(10)17;;;;;;;;;;/h13-14H,7-12H2,1-6H3;2*12H,6-11H2,1-5H3;10-11H,4-9H2,1-3H3,(H,19,20);10-11,19H,4-9H2,1-3H3;10*1H4. The van der Waals surface area contributed by atoms with Gasteiger partial charge in [0.2, 0.25) is 5.60 Å². The number of carbonyl (C=O) groups excluding carboxylic acids is 11. The summed E-state index contributed by atoms with van der Waals surface area (Å²) in [5, 5.41) is 20.5. The van der Waals surface area contributed by atoms with Crippen molar-refractivity contribution in [2.45, 2.75) is 489 Å². The summed E-state index contributed by atoms with van der Waals surface area (Å²) < 4.78 is 63.4. The smallest absolute Gasteiger partial charge is 0.350 e. The van der Waals surface area contributed by atoms with Crippen LogP contribution in [0.25, 0.3) is 0 Å². The van der Waals surface area contributed by atoms with Crippen LogP contribution < -0.4 is 0 Å². The molecule has 18 atom stereocenters. The fourth-order valence-corrected chi connectivity index (χ4v) is 23.3. The molecule has 25 heteroatoms. The fourth-order valence-electron chi connectivity index (χ4n) is 23.3. The first-order chi connectivity index (χ1) is 52.6. The van der Waals surface area contributed by atoms with Crippen LogP contribution in [0.3, 0.4) is 0 Å². The highest BCUT2D eigenvalue weighted by molar-refractivity contribution is 5.87. The molecule has 0 aromatic carbocycles. The topological polar surface area (TPSA) is 347 Å². The molecule has 25 nitrogen and oxygen atoms in total.